The van der Waals surface area contributed by atoms with E-state index in [1.54, 1.807) is 0 Å². The van der Waals surface area contributed by atoms with E-state index in [1.807, 2.05) is 0 Å². The third-order valence-corrected chi connectivity index (χ3v) is 5.18. The summed E-state index contributed by atoms with van der Waals surface area (Å²) in [6.45, 7) is 5.17. The van der Waals surface area contributed by atoms with Gasteiger partial charge in [0.05, 0.1) is 0 Å². The summed E-state index contributed by atoms with van der Waals surface area (Å²) in [5.41, 5.74) is 6.47. The average molecular weight is 223 g/mol. The molecule has 4 rings (SSSR count). The van der Waals surface area contributed by atoms with Crippen LogP contribution in [0, 0.1) is 11.8 Å². The van der Waals surface area contributed by atoms with Crippen molar-refractivity contribution < 1.29 is 0 Å². The SMILES string of the molecule is CN1CCC(C2C(N)C3CCN2CC3)CC1. The van der Waals surface area contributed by atoms with Gasteiger partial charge in [0.1, 0.15) is 0 Å². The van der Waals surface area contributed by atoms with Crippen molar-refractivity contribution in [2.75, 3.05) is 33.2 Å². The molecule has 16 heavy (non-hydrogen) atoms. The van der Waals surface area contributed by atoms with Gasteiger partial charge in [0.2, 0.25) is 0 Å². The highest BCUT2D eigenvalue weighted by Crippen LogP contribution is 2.37. The van der Waals surface area contributed by atoms with Crippen LogP contribution in [0.15, 0.2) is 0 Å². The Balaban J connectivity index is 1.69. The summed E-state index contributed by atoms with van der Waals surface area (Å²) in [5.74, 6) is 1.70. The lowest BCUT2D eigenvalue weighted by atomic mass is 9.72. The van der Waals surface area contributed by atoms with Gasteiger partial charge in [-0.1, -0.05) is 0 Å². The van der Waals surface area contributed by atoms with Crippen molar-refractivity contribution in [3.63, 3.8) is 0 Å². The van der Waals surface area contributed by atoms with Crippen molar-refractivity contribution in [2.24, 2.45) is 17.6 Å². The number of fused-ring (bicyclic) bond motifs is 3. The van der Waals surface area contributed by atoms with E-state index in [0.717, 1.165) is 11.8 Å². The largest absolute Gasteiger partial charge is 0.326 e. The molecule has 0 radical (unpaired) electrons. The number of nitrogens with zero attached hydrogens (tertiary/aromatic N) is 2. The Kier molecular flexibility index (Phi) is 2.94. The van der Waals surface area contributed by atoms with Crippen LogP contribution < -0.4 is 5.73 Å². The molecular weight excluding hydrogens is 198 g/mol. The molecule has 2 unspecified atom stereocenters. The molecule has 92 valence electrons. The smallest absolute Gasteiger partial charge is 0.0279 e. The fourth-order valence-electron chi connectivity index (χ4n) is 4.11. The van der Waals surface area contributed by atoms with Crippen molar-refractivity contribution in [3.05, 3.63) is 0 Å². The minimum atomic E-state index is 0.468. The molecule has 4 aliphatic rings. The Bertz CT molecular complexity index is 238. The molecule has 0 aromatic carbocycles. The van der Waals surface area contributed by atoms with Gasteiger partial charge in [-0.05, 0) is 70.7 Å². The first-order chi connectivity index (χ1) is 7.75. The predicted octanol–water partition coefficient (Wildman–Crippen LogP) is 0.750. The monoisotopic (exact) mass is 223 g/mol. The highest BCUT2D eigenvalue weighted by Gasteiger charge is 2.43. The highest BCUT2D eigenvalue weighted by atomic mass is 15.2. The first-order valence-corrected chi connectivity index (χ1v) is 6.94. The van der Waals surface area contributed by atoms with Crippen LogP contribution in [0.4, 0.5) is 0 Å². The summed E-state index contributed by atoms with van der Waals surface area (Å²) < 4.78 is 0. The Morgan fingerprint density at radius 1 is 0.875 bits per heavy atom. The molecule has 4 fully saturated rings. The van der Waals surface area contributed by atoms with Crippen molar-refractivity contribution in [1.82, 2.24) is 9.80 Å². The fourth-order valence-corrected chi connectivity index (χ4v) is 4.11. The Morgan fingerprint density at radius 2 is 1.44 bits per heavy atom. The molecule has 0 aromatic heterocycles. The van der Waals surface area contributed by atoms with Gasteiger partial charge in [-0.25, -0.2) is 0 Å². The zero-order valence-corrected chi connectivity index (χ0v) is 10.4. The molecule has 0 spiro atoms. The maximum absolute atomic E-state index is 6.47. The van der Waals surface area contributed by atoms with Crippen LogP contribution in [0.2, 0.25) is 0 Å². The van der Waals surface area contributed by atoms with Gasteiger partial charge in [0.25, 0.3) is 0 Å². The molecule has 0 amide bonds. The lowest BCUT2D eigenvalue weighted by Gasteiger charge is -2.53. The summed E-state index contributed by atoms with van der Waals surface area (Å²) >= 11 is 0. The molecule has 4 aliphatic heterocycles. The summed E-state index contributed by atoms with van der Waals surface area (Å²) in [6.07, 6.45) is 5.42. The fraction of sp³-hybridized carbons (Fsp3) is 1.00. The Morgan fingerprint density at radius 3 is 2.00 bits per heavy atom. The standard InChI is InChI=1S/C13H25N3/c1-15-6-2-11(3-7-15)13-12(14)10-4-8-16(13)9-5-10/h10-13H,2-9,14H2,1H3. The number of hydrogen-bond acceptors (Lipinski definition) is 3. The van der Waals surface area contributed by atoms with Crippen LogP contribution in [0.3, 0.4) is 0 Å². The topological polar surface area (TPSA) is 32.5 Å². The van der Waals surface area contributed by atoms with E-state index in [-0.39, 0.29) is 0 Å². The predicted molar refractivity (Wildman–Crippen MR) is 66.3 cm³/mol. The van der Waals surface area contributed by atoms with Crippen LogP contribution >= 0.6 is 0 Å². The molecule has 0 aromatic rings. The minimum Gasteiger partial charge on any atom is -0.326 e. The summed E-state index contributed by atoms with van der Waals surface area (Å²) in [6, 6.07) is 1.18. The van der Waals surface area contributed by atoms with E-state index in [9.17, 15) is 0 Å². The van der Waals surface area contributed by atoms with Crippen molar-refractivity contribution in [3.8, 4) is 0 Å². The van der Waals surface area contributed by atoms with Gasteiger partial charge in [0, 0.05) is 12.1 Å². The second-order valence-electron chi connectivity index (χ2n) is 6.08. The third kappa shape index (κ3) is 1.79. The Hall–Kier alpha value is -0.120. The van der Waals surface area contributed by atoms with Gasteiger partial charge < -0.3 is 10.6 Å². The zero-order chi connectivity index (χ0) is 11.1. The van der Waals surface area contributed by atoms with Gasteiger partial charge in [0.15, 0.2) is 0 Å². The minimum absolute atomic E-state index is 0.468. The highest BCUT2D eigenvalue weighted by molar-refractivity contribution is 5.00. The van der Waals surface area contributed by atoms with Crippen LogP contribution in [-0.2, 0) is 0 Å². The molecule has 3 nitrogen and oxygen atoms in total. The van der Waals surface area contributed by atoms with Gasteiger partial charge in [-0.3, -0.25) is 4.90 Å². The molecule has 2 atom stereocenters. The normalized spacial score (nSPS) is 46.1. The summed E-state index contributed by atoms with van der Waals surface area (Å²) in [4.78, 5) is 5.15. The lowest BCUT2D eigenvalue weighted by molar-refractivity contribution is -0.0164. The molecule has 2 bridgehead atoms. The first-order valence-electron chi connectivity index (χ1n) is 6.94. The molecule has 4 saturated heterocycles. The second-order valence-corrected chi connectivity index (χ2v) is 6.08. The number of likely N-dealkylation sites (tertiary alicyclic amines) is 1. The quantitative estimate of drug-likeness (QED) is 0.712. The molecule has 2 N–H and O–H groups in total. The van der Waals surface area contributed by atoms with E-state index in [2.05, 4.69) is 16.8 Å². The number of rotatable bonds is 1. The van der Waals surface area contributed by atoms with E-state index >= 15 is 0 Å². The van der Waals surface area contributed by atoms with Crippen molar-refractivity contribution in [2.45, 2.75) is 37.8 Å². The number of piperidine rings is 4. The molecular formula is C13H25N3. The number of nitrogens with two attached hydrogens (primary N) is 1. The summed E-state index contributed by atoms with van der Waals surface area (Å²) in [7, 11) is 2.24. The van der Waals surface area contributed by atoms with Crippen molar-refractivity contribution in [1.29, 1.82) is 0 Å². The van der Waals surface area contributed by atoms with E-state index < -0.39 is 0 Å². The van der Waals surface area contributed by atoms with Gasteiger partial charge in [-0.15, -0.1) is 0 Å². The molecule has 0 saturated carbocycles. The third-order valence-electron chi connectivity index (χ3n) is 5.18. The zero-order valence-electron chi connectivity index (χ0n) is 10.4. The van der Waals surface area contributed by atoms with Crippen molar-refractivity contribution >= 4 is 0 Å². The molecule has 3 heteroatoms. The second kappa shape index (κ2) is 4.28. The number of hydrogen-bond donors (Lipinski definition) is 1. The van der Waals surface area contributed by atoms with E-state index in [1.165, 1.54) is 51.9 Å². The lowest BCUT2D eigenvalue weighted by Crippen LogP contribution is -2.64. The van der Waals surface area contributed by atoms with E-state index in [4.69, 9.17) is 5.73 Å². The van der Waals surface area contributed by atoms with Crippen LogP contribution in [-0.4, -0.2) is 55.1 Å². The van der Waals surface area contributed by atoms with Gasteiger partial charge in [-0.2, -0.15) is 0 Å². The van der Waals surface area contributed by atoms with Crippen LogP contribution in [0.25, 0.3) is 0 Å². The maximum Gasteiger partial charge on any atom is 0.0279 e. The maximum atomic E-state index is 6.47. The van der Waals surface area contributed by atoms with E-state index in [0.29, 0.717) is 12.1 Å². The van der Waals surface area contributed by atoms with Crippen LogP contribution in [0.5, 0.6) is 0 Å². The van der Waals surface area contributed by atoms with Gasteiger partial charge >= 0.3 is 0 Å². The average Bonchev–Trinajstić information content (AvgIpc) is 2.32. The van der Waals surface area contributed by atoms with Crippen LogP contribution in [0.1, 0.15) is 25.7 Å². The first kappa shape index (κ1) is 11.0. The Labute approximate surface area is 99.0 Å². The molecule has 0 aliphatic carbocycles. The molecule has 4 heterocycles. The summed E-state index contributed by atoms with van der Waals surface area (Å²) in [5, 5.41) is 0.